The lowest BCUT2D eigenvalue weighted by Crippen LogP contribution is -2.36. The number of halogens is 1. The highest BCUT2D eigenvalue weighted by molar-refractivity contribution is 6.30. The Morgan fingerprint density at radius 3 is 2.38 bits per heavy atom. The summed E-state index contributed by atoms with van der Waals surface area (Å²) in [6.45, 7) is 3.38. The molecule has 0 saturated carbocycles. The molecule has 0 spiro atoms. The summed E-state index contributed by atoms with van der Waals surface area (Å²) in [5.41, 5.74) is 2.73. The number of ether oxygens (including phenoxy) is 1. The van der Waals surface area contributed by atoms with Crippen LogP contribution < -0.4 is 10.2 Å². The normalized spacial score (nSPS) is 14.8. The number of carbonyl (C=O) groups excluding carboxylic acids is 1. The molecular weight excluding hydrogens is 324 g/mol. The Morgan fingerprint density at radius 1 is 1.04 bits per heavy atom. The van der Waals surface area contributed by atoms with Crippen LogP contribution in [0.4, 0.5) is 11.4 Å². The van der Waals surface area contributed by atoms with Gasteiger partial charge in [-0.05, 0) is 48.5 Å². The molecule has 1 aliphatic heterocycles. The molecule has 1 aliphatic rings. The zero-order chi connectivity index (χ0) is 16.8. The van der Waals surface area contributed by atoms with E-state index in [0.29, 0.717) is 10.6 Å². The van der Waals surface area contributed by atoms with E-state index in [2.05, 4.69) is 22.3 Å². The van der Waals surface area contributed by atoms with E-state index < -0.39 is 0 Å². The number of benzene rings is 2. The number of nitrogens with one attached hydrogen (secondary N) is 1. The molecule has 5 heteroatoms. The summed E-state index contributed by atoms with van der Waals surface area (Å²) < 4.78 is 5.36. The highest BCUT2D eigenvalue weighted by Crippen LogP contribution is 2.19. The topological polar surface area (TPSA) is 41.6 Å². The van der Waals surface area contributed by atoms with E-state index in [-0.39, 0.29) is 5.78 Å². The number of carbonyl (C=O) groups is 1. The zero-order valence-corrected chi connectivity index (χ0v) is 14.0. The third-order valence-corrected chi connectivity index (χ3v) is 4.11. The fraction of sp³-hybridized carbons (Fsp3) is 0.211. The van der Waals surface area contributed by atoms with Gasteiger partial charge in [-0.3, -0.25) is 4.79 Å². The maximum Gasteiger partial charge on any atom is 0.187 e. The first kappa shape index (κ1) is 16.6. The Balaban J connectivity index is 1.56. The van der Waals surface area contributed by atoms with Gasteiger partial charge in [0.25, 0.3) is 0 Å². The molecule has 0 bridgehead atoms. The molecule has 0 unspecified atom stereocenters. The lowest BCUT2D eigenvalue weighted by Gasteiger charge is -2.28. The number of rotatable bonds is 5. The number of anilines is 2. The van der Waals surface area contributed by atoms with E-state index in [1.807, 2.05) is 12.1 Å². The largest absolute Gasteiger partial charge is 0.378 e. The summed E-state index contributed by atoms with van der Waals surface area (Å²) in [5.74, 6) is -0.0656. The minimum Gasteiger partial charge on any atom is -0.378 e. The second kappa shape index (κ2) is 7.99. The summed E-state index contributed by atoms with van der Waals surface area (Å²) in [6.07, 6.45) is 3.17. The highest BCUT2D eigenvalue weighted by Gasteiger charge is 2.10. The molecule has 0 atom stereocenters. The summed E-state index contributed by atoms with van der Waals surface area (Å²) in [5, 5.41) is 3.74. The van der Waals surface area contributed by atoms with Crippen LogP contribution in [0, 0.1) is 0 Å². The molecule has 4 nitrogen and oxygen atoms in total. The Kier molecular flexibility index (Phi) is 5.51. The van der Waals surface area contributed by atoms with Gasteiger partial charge in [0.2, 0.25) is 0 Å². The van der Waals surface area contributed by atoms with Crippen molar-refractivity contribution in [1.29, 1.82) is 0 Å². The number of ketones is 1. The Hall–Kier alpha value is -2.30. The van der Waals surface area contributed by atoms with E-state index in [1.54, 1.807) is 30.5 Å². The predicted molar refractivity (Wildman–Crippen MR) is 98.0 cm³/mol. The van der Waals surface area contributed by atoms with Gasteiger partial charge in [0.05, 0.1) is 13.2 Å². The smallest absolute Gasteiger partial charge is 0.187 e. The number of allylic oxidation sites excluding steroid dienone is 1. The molecule has 0 amide bonds. The second-order valence-corrected chi connectivity index (χ2v) is 5.93. The SMILES string of the molecule is O=C(/C=C/Nc1ccc(N2CCOCC2)cc1)c1ccc(Cl)cc1. The lowest BCUT2D eigenvalue weighted by atomic mass is 10.1. The molecule has 24 heavy (non-hydrogen) atoms. The maximum atomic E-state index is 12.0. The highest BCUT2D eigenvalue weighted by atomic mass is 35.5. The van der Waals surface area contributed by atoms with Gasteiger partial charge in [0, 0.05) is 47.3 Å². The molecule has 2 aromatic rings. The van der Waals surface area contributed by atoms with Crippen LogP contribution in [0.2, 0.25) is 5.02 Å². The predicted octanol–water partition coefficient (Wildman–Crippen LogP) is 3.99. The molecule has 0 aromatic heterocycles. The van der Waals surface area contributed by atoms with Crippen LogP contribution in [0.5, 0.6) is 0 Å². The molecule has 1 N–H and O–H groups in total. The van der Waals surface area contributed by atoms with Crippen molar-refractivity contribution in [2.45, 2.75) is 0 Å². The number of hydrogen-bond acceptors (Lipinski definition) is 4. The molecule has 1 fully saturated rings. The molecule has 0 aliphatic carbocycles. The van der Waals surface area contributed by atoms with Crippen molar-refractivity contribution >= 4 is 28.8 Å². The third-order valence-electron chi connectivity index (χ3n) is 3.86. The van der Waals surface area contributed by atoms with Crippen LogP contribution in [0.25, 0.3) is 0 Å². The van der Waals surface area contributed by atoms with Gasteiger partial charge < -0.3 is 15.0 Å². The first-order valence-electron chi connectivity index (χ1n) is 7.88. The van der Waals surface area contributed by atoms with E-state index in [9.17, 15) is 4.79 Å². The van der Waals surface area contributed by atoms with Crippen LogP contribution >= 0.6 is 11.6 Å². The van der Waals surface area contributed by atoms with Crippen molar-refractivity contribution in [3.63, 3.8) is 0 Å². The molecular formula is C19H19ClN2O2. The molecule has 124 valence electrons. The molecule has 3 rings (SSSR count). The molecule has 2 aromatic carbocycles. The van der Waals surface area contributed by atoms with Crippen LogP contribution in [-0.2, 0) is 4.74 Å². The summed E-state index contributed by atoms with van der Waals surface area (Å²) >= 11 is 5.82. The maximum absolute atomic E-state index is 12.0. The zero-order valence-electron chi connectivity index (χ0n) is 13.2. The number of nitrogens with zero attached hydrogens (tertiary/aromatic N) is 1. The van der Waals surface area contributed by atoms with Gasteiger partial charge in [-0.1, -0.05) is 11.6 Å². The summed E-state index contributed by atoms with van der Waals surface area (Å²) in [4.78, 5) is 14.3. The van der Waals surface area contributed by atoms with Gasteiger partial charge in [0.15, 0.2) is 5.78 Å². The van der Waals surface area contributed by atoms with Crippen LogP contribution in [0.1, 0.15) is 10.4 Å². The average Bonchev–Trinajstić information content (AvgIpc) is 2.63. The monoisotopic (exact) mass is 342 g/mol. The Labute approximate surface area is 146 Å². The average molecular weight is 343 g/mol. The van der Waals surface area contributed by atoms with Crippen LogP contribution in [0.15, 0.2) is 60.8 Å². The van der Waals surface area contributed by atoms with Gasteiger partial charge >= 0.3 is 0 Å². The van der Waals surface area contributed by atoms with Crippen molar-refractivity contribution < 1.29 is 9.53 Å². The van der Waals surface area contributed by atoms with Crippen LogP contribution in [0.3, 0.4) is 0 Å². The van der Waals surface area contributed by atoms with Crippen molar-refractivity contribution in [2.24, 2.45) is 0 Å². The van der Waals surface area contributed by atoms with Crippen molar-refractivity contribution in [3.05, 3.63) is 71.4 Å². The summed E-state index contributed by atoms with van der Waals surface area (Å²) in [6, 6.07) is 15.0. The third kappa shape index (κ3) is 4.37. The fourth-order valence-electron chi connectivity index (χ4n) is 2.51. The van der Waals surface area contributed by atoms with Gasteiger partial charge in [0.1, 0.15) is 0 Å². The van der Waals surface area contributed by atoms with E-state index in [4.69, 9.17) is 16.3 Å². The van der Waals surface area contributed by atoms with Gasteiger partial charge in [-0.15, -0.1) is 0 Å². The van der Waals surface area contributed by atoms with Crippen LogP contribution in [-0.4, -0.2) is 32.1 Å². The minimum absolute atomic E-state index is 0.0656. The lowest BCUT2D eigenvalue weighted by molar-refractivity contribution is 0.104. The number of morpholine rings is 1. The van der Waals surface area contributed by atoms with E-state index >= 15 is 0 Å². The molecule has 1 heterocycles. The van der Waals surface area contributed by atoms with Gasteiger partial charge in [-0.2, -0.15) is 0 Å². The van der Waals surface area contributed by atoms with Crippen molar-refractivity contribution in [1.82, 2.24) is 0 Å². The second-order valence-electron chi connectivity index (χ2n) is 5.50. The first-order valence-corrected chi connectivity index (χ1v) is 8.26. The Bertz CT molecular complexity index is 705. The Morgan fingerprint density at radius 2 is 1.71 bits per heavy atom. The molecule has 1 saturated heterocycles. The molecule has 0 radical (unpaired) electrons. The minimum atomic E-state index is -0.0656. The van der Waals surface area contributed by atoms with E-state index in [1.165, 1.54) is 11.8 Å². The summed E-state index contributed by atoms with van der Waals surface area (Å²) in [7, 11) is 0. The van der Waals surface area contributed by atoms with Crippen molar-refractivity contribution in [3.8, 4) is 0 Å². The fourth-order valence-corrected chi connectivity index (χ4v) is 2.64. The standard InChI is InChI=1S/C19H19ClN2O2/c20-16-3-1-15(2-4-16)19(23)9-10-21-17-5-7-18(8-6-17)22-11-13-24-14-12-22/h1-10,21H,11-14H2/b10-9+. The van der Waals surface area contributed by atoms with Crippen molar-refractivity contribution in [2.75, 3.05) is 36.5 Å². The number of hydrogen-bond donors (Lipinski definition) is 1. The first-order chi connectivity index (χ1) is 11.7. The quantitative estimate of drug-likeness (QED) is 0.659. The van der Waals surface area contributed by atoms with E-state index in [0.717, 1.165) is 32.0 Å². The van der Waals surface area contributed by atoms with Gasteiger partial charge in [-0.25, -0.2) is 0 Å².